The lowest BCUT2D eigenvalue weighted by molar-refractivity contribution is -0.135. The maximum atomic E-state index is 13.4. The molecule has 0 amide bonds. The van der Waals surface area contributed by atoms with Crippen molar-refractivity contribution in [3.05, 3.63) is 97.1 Å². The minimum absolute atomic E-state index is 0.00885. The third kappa shape index (κ3) is 22.3. The highest BCUT2D eigenvalue weighted by molar-refractivity contribution is 8.04. The smallest absolute Gasteiger partial charge is 0.396 e. The fourth-order valence-corrected chi connectivity index (χ4v) is 13.6. The van der Waals surface area contributed by atoms with Gasteiger partial charge in [-0.05, 0) is 136 Å². The number of hydrogen-bond donors (Lipinski definition) is 10. The van der Waals surface area contributed by atoms with Gasteiger partial charge in [-0.3, -0.25) is 37.1 Å². The fourth-order valence-electron chi connectivity index (χ4n) is 7.07. The van der Waals surface area contributed by atoms with Crippen LogP contribution in [0.4, 0.5) is 68.2 Å². The molecule has 0 bridgehead atoms. The summed E-state index contributed by atoms with van der Waals surface area (Å²) in [5, 5.41) is 34.8. The third-order valence-corrected chi connectivity index (χ3v) is 20.2. The van der Waals surface area contributed by atoms with Gasteiger partial charge in [0.1, 0.15) is 53.7 Å². The van der Waals surface area contributed by atoms with Crippen molar-refractivity contribution >= 4 is 173 Å². The Hall–Kier alpha value is -8.42. The first-order chi connectivity index (χ1) is 44.0. The van der Waals surface area contributed by atoms with Crippen LogP contribution >= 0.6 is 23.5 Å². The van der Waals surface area contributed by atoms with E-state index in [-0.39, 0.29) is 57.0 Å². The number of ether oxygens (including phenoxy) is 1. The molecule has 0 heterocycles. The average molecular weight is 1520 g/mol. The predicted molar refractivity (Wildman–Crippen MR) is 331 cm³/mol. The molecule has 0 unspecified atom stereocenters. The van der Waals surface area contributed by atoms with Crippen molar-refractivity contribution in [1.29, 1.82) is 0 Å². The molecular formula is C46H42N12O27S10. The number of hydrogen-bond acceptors (Lipinski definition) is 35. The first-order valence-corrected chi connectivity index (χ1v) is 38.0. The van der Waals surface area contributed by atoms with Gasteiger partial charge < -0.3 is 27.7 Å². The van der Waals surface area contributed by atoms with Gasteiger partial charge in [-0.15, -0.1) is 30.7 Å². The normalized spacial score (nSPS) is 12.9. The summed E-state index contributed by atoms with van der Waals surface area (Å²) >= 11 is 1.03. The van der Waals surface area contributed by atoms with Gasteiger partial charge in [0, 0.05) is 33.5 Å². The number of rotatable bonds is 28. The second-order valence-electron chi connectivity index (χ2n) is 17.8. The van der Waals surface area contributed by atoms with E-state index in [1.54, 1.807) is 12.2 Å². The number of nitrogens with zero attached hydrogens (tertiary/aromatic N) is 8. The van der Waals surface area contributed by atoms with Crippen molar-refractivity contribution in [3.63, 3.8) is 0 Å². The van der Waals surface area contributed by atoms with E-state index in [2.05, 4.69) is 69.9 Å². The molecule has 0 aliphatic rings. The Labute approximate surface area is 547 Å². The Morgan fingerprint density at radius 1 is 0.389 bits per heavy atom. The van der Waals surface area contributed by atoms with Crippen LogP contribution in [0.1, 0.15) is 12.8 Å². The van der Waals surface area contributed by atoms with Crippen LogP contribution < -0.4 is 22.9 Å². The second kappa shape index (κ2) is 31.0. The van der Waals surface area contributed by atoms with Crippen molar-refractivity contribution in [1.82, 2.24) is 0 Å². The van der Waals surface area contributed by atoms with Crippen molar-refractivity contribution in [2.75, 3.05) is 47.7 Å². The fraction of sp³-hybridized carbons (Fsp3) is 0.130. The van der Waals surface area contributed by atoms with E-state index in [0.29, 0.717) is 35.7 Å². The lowest BCUT2D eigenvalue weighted by Gasteiger charge is -2.11. The van der Waals surface area contributed by atoms with Crippen molar-refractivity contribution in [2.45, 2.75) is 52.0 Å². The molecular weight excluding hydrogens is 1470 g/mol. The molecule has 0 aliphatic heterocycles. The lowest BCUT2D eigenvalue weighted by Crippen LogP contribution is -2.12. The molecule has 0 aromatic heterocycles. The topological polar surface area (TPSA) is 644 Å². The summed E-state index contributed by atoms with van der Waals surface area (Å²) in [6.07, 6.45) is 3.29. The Kier molecular flexibility index (Phi) is 24.7. The molecule has 39 nitrogen and oxygen atoms in total. The van der Waals surface area contributed by atoms with Crippen LogP contribution in [0.15, 0.2) is 177 Å². The maximum absolute atomic E-state index is 13.4. The molecule has 14 N–H and O–H groups in total. The van der Waals surface area contributed by atoms with Gasteiger partial charge in [-0.2, -0.15) is 60.7 Å². The molecule has 6 rings (SSSR count). The van der Waals surface area contributed by atoms with E-state index in [1.165, 1.54) is 42.5 Å². The van der Waals surface area contributed by atoms with E-state index in [4.69, 9.17) is 36.8 Å². The Bertz CT molecular complexity index is 5220. The number of thioether (sulfide) groups is 2. The molecule has 0 fully saturated rings. The molecule has 49 heteroatoms. The van der Waals surface area contributed by atoms with E-state index in [0.717, 1.165) is 42.5 Å². The zero-order valence-electron chi connectivity index (χ0n) is 46.7. The zero-order chi connectivity index (χ0) is 70.5. The number of sulfone groups is 2. The Balaban J connectivity index is 1.06. The summed E-state index contributed by atoms with van der Waals surface area (Å²) in [4.78, 5) is 3.60. The van der Waals surface area contributed by atoms with Gasteiger partial charge in [-0.25, -0.2) is 16.8 Å². The molecule has 6 aromatic rings. The monoisotopic (exact) mass is 1510 g/mol. The number of nitrogen functional groups attached to an aromatic ring is 4. The average Bonchev–Trinajstić information content (AvgIpc) is 0.806. The first kappa shape index (κ1) is 75.6. The molecule has 0 spiro atoms. The number of benzene rings is 6. The zero-order valence-corrected chi connectivity index (χ0v) is 54.9. The Morgan fingerprint density at radius 2 is 0.779 bits per heavy atom. The summed E-state index contributed by atoms with van der Waals surface area (Å²) in [6, 6.07) is 16.9. The van der Waals surface area contributed by atoms with Crippen molar-refractivity contribution in [2.24, 2.45) is 40.9 Å². The van der Waals surface area contributed by atoms with Gasteiger partial charge >= 0.3 is 20.8 Å². The van der Waals surface area contributed by atoms with E-state index < -0.39 is 169 Å². The standard InChI is InChI=1S/C46H42N12O27S10/c47-41-35(55-53-33-12-8-29(23-37(33)90(63,64)65)86-18-16-82-84-94(75,76)77)25-39(92(69,70)71)43(49)45(41)57-51-27-6-10-31(11-7-27)88(59,60)20-2-14-81-15-3-21-89(61,62)32-5-1-4-28(22-32)52-58-46-42(48)36(26-40(44(46)50)93(72,73)74)56-54-34-13-9-30(24-38(34)91(66,67)68)87-19-17-83-85-95(78,79)80/h1,4-13,22-26H,2-3,14-15,20-21,47-50H2,(H,63,64,65)(H,66,67,68)(H,69,70,71)(H,72,73,74)(H,75,76,77)(H,78,79,80). The summed E-state index contributed by atoms with van der Waals surface area (Å²) < 4.78 is 263. The van der Waals surface area contributed by atoms with Gasteiger partial charge in [0.2, 0.25) is 0 Å². The highest BCUT2D eigenvalue weighted by Gasteiger charge is 2.26. The lowest BCUT2D eigenvalue weighted by atomic mass is 10.2. The number of nitrogens with two attached hydrogens (primary N) is 4. The van der Waals surface area contributed by atoms with E-state index in [1.807, 2.05) is 0 Å². The van der Waals surface area contributed by atoms with E-state index >= 15 is 0 Å². The third-order valence-electron chi connectivity index (χ3n) is 11.2. The largest absolute Gasteiger partial charge is 0.433 e. The quantitative estimate of drug-likeness (QED) is 0.00338. The van der Waals surface area contributed by atoms with Gasteiger partial charge in [-0.1, -0.05) is 6.07 Å². The Morgan fingerprint density at radius 3 is 1.18 bits per heavy atom. The SMILES string of the molecule is Nc1c(N=Nc2ccc(SC#COOS(=O)(=O)O)cc2S(=O)(=O)O)cc(S(=O)(=O)O)c(N)c1N=Nc1ccc(S(=O)(=O)CCCOCCCS(=O)(=O)c2cccc(N=Nc3c(N)c(N=Nc4ccc(SC#COOS(=O)(=O)O)cc4S(=O)(=O)O)cc(S(=O)(=O)O)c3N)c2)cc1. The predicted octanol–water partition coefficient (Wildman–Crippen LogP) is 7.23. The van der Waals surface area contributed by atoms with Crippen LogP contribution in [-0.4, -0.2) is 119 Å². The van der Waals surface area contributed by atoms with Crippen molar-refractivity contribution < 1.29 is 118 Å². The molecule has 95 heavy (non-hydrogen) atoms. The van der Waals surface area contributed by atoms with E-state index in [9.17, 15) is 85.6 Å². The van der Waals surface area contributed by atoms with Crippen LogP contribution in [0.2, 0.25) is 0 Å². The molecule has 0 atom stereocenters. The number of azo groups is 4. The highest BCUT2D eigenvalue weighted by atomic mass is 32.3. The first-order valence-electron chi connectivity index (χ1n) is 24.6. The molecule has 0 aliphatic carbocycles. The summed E-state index contributed by atoms with van der Waals surface area (Å²) in [7, 11) is -38.6. The maximum Gasteiger partial charge on any atom is 0.433 e. The molecule has 0 saturated heterocycles. The second-order valence-corrected chi connectivity index (χ2v) is 31.3. The van der Waals surface area contributed by atoms with Gasteiger partial charge in [0.25, 0.3) is 40.5 Å². The van der Waals surface area contributed by atoms with Crippen LogP contribution in [0, 0.1) is 22.7 Å². The minimum Gasteiger partial charge on any atom is -0.396 e. The summed E-state index contributed by atoms with van der Waals surface area (Å²) in [5.74, 6) is -0.943. The van der Waals surface area contributed by atoms with Crippen LogP contribution in [0.5, 0.6) is 0 Å². The molecule has 0 saturated carbocycles. The van der Waals surface area contributed by atoms with Crippen molar-refractivity contribution in [3.8, 4) is 22.7 Å². The molecule has 6 aromatic carbocycles. The van der Waals surface area contributed by atoms with Crippen LogP contribution in [0.3, 0.4) is 0 Å². The molecule has 508 valence electrons. The van der Waals surface area contributed by atoms with Crippen LogP contribution in [-0.2, 0) is 104 Å². The summed E-state index contributed by atoms with van der Waals surface area (Å²) in [5.41, 5.74) is 18.0. The number of anilines is 4. The van der Waals surface area contributed by atoms with Gasteiger partial charge in [0.05, 0.1) is 55.4 Å². The van der Waals surface area contributed by atoms with Gasteiger partial charge in [0.15, 0.2) is 31.9 Å². The minimum atomic E-state index is -5.19. The summed E-state index contributed by atoms with van der Waals surface area (Å²) in [6.45, 7) is -0.292. The molecule has 0 radical (unpaired) electrons. The van der Waals surface area contributed by atoms with Crippen LogP contribution in [0.25, 0.3) is 0 Å². The highest BCUT2D eigenvalue weighted by Crippen LogP contribution is 2.45.